The van der Waals surface area contributed by atoms with Crippen LogP contribution in [0.3, 0.4) is 0 Å². The van der Waals surface area contributed by atoms with E-state index in [0.29, 0.717) is 17.9 Å². The number of aromatic amines is 1. The fraction of sp³-hybridized carbons (Fsp3) is 0.478. The molecule has 5 rings (SSSR count). The molecule has 3 heterocycles. The number of hydrogen-bond acceptors (Lipinski definition) is 6. The van der Waals surface area contributed by atoms with Gasteiger partial charge in [-0.05, 0) is 38.7 Å². The molecule has 11 heteroatoms. The molecule has 3 N–H and O–H groups in total. The van der Waals surface area contributed by atoms with Crippen molar-refractivity contribution >= 4 is 28.5 Å². The second-order valence-electron chi connectivity index (χ2n) is 9.00. The van der Waals surface area contributed by atoms with Gasteiger partial charge in [0, 0.05) is 30.4 Å². The van der Waals surface area contributed by atoms with E-state index in [1.807, 2.05) is 0 Å². The summed E-state index contributed by atoms with van der Waals surface area (Å²) in [5.74, 6) is -0.404. The van der Waals surface area contributed by atoms with Crippen LogP contribution in [0.25, 0.3) is 11.0 Å². The van der Waals surface area contributed by atoms with Gasteiger partial charge in [-0.2, -0.15) is 5.10 Å². The van der Waals surface area contributed by atoms with Crippen molar-refractivity contribution in [3.63, 3.8) is 0 Å². The van der Waals surface area contributed by atoms with E-state index in [9.17, 15) is 19.2 Å². The quantitative estimate of drug-likeness (QED) is 0.482. The lowest BCUT2D eigenvalue weighted by Crippen LogP contribution is -2.35. The molecule has 0 spiro atoms. The minimum Gasteiger partial charge on any atom is -0.352 e. The van der Waals surface area contributed by atoms with Gasteiger partial charge in [0.2, 0.25) is 5.91 Å². The number of carbonyl (C=O) groups excluding carboxylic acids is 2. The van der Waals surface area contributed by atoms with E-state index in [4.69, 9.17) is 0 Å². The van der Waals surface area contributed by atoms with Gasteiger partial charge in [-0.1, -0.05) is 12.8 Å². The molecular formula is C23H27N7O4. The predicted molar refractivity (Wildman–Crippen MR) is 125 cm³/mol. The highest BCUT2D eigenvalue weighted by Gasteiger charge is 2.29. The zero-order chi connectivity index (χ0) is 23.8. The third-order valence-corrected chi connectivity index (χ3v) is 6.44. The lowest BCUT2D eigenvalue weighted by molar-refractivity contribution is -0.122. The summed E-state index contributed by atoms with van der Waals surface area (Å²) in [6.45, 7) is 2.14. The van der Waals surface area contributed by atoms with Crippen molar-refractivity contribution in [2.45, 2.75) is 70.5 Å². The molecule has 0 bridgehead atoms. The van der Waals surface area contributed by atoms with Crippen LogP contribution in [0.15, 0.2) is 28.0 Å². The highest BCUT2D eigenvalue weighted by atomic mass is 16.2. The van der Waals surface area contributed by atoms with E-state index in [-0.39, 0.29) is 41.0 Å². The lowest BCUT2D eigenvalue weighted by Gasteiger charge is -2.12. The lowest BCUT2D eigenvalue weighted by atomic mass is 10.1. The highest BCUT2D eigenvalue weighted by molar-refractivity contribution is 6.11. The minimum absolute atomic E-state index is 0.0544. The van der Waals surface area contributed by atoms with Crippen LogP contribution in [0.5, 0.6) is 0 Å². The Hall–Kier alpha value is -3.76. The summed E-state index contributed by atoms with van der Waals surface area (Å²) in [7, 11) is 0. The zero-order valence-corrected chi connectivity index (χ0v) is 19.0. The van der Waals surface area contributed by atoms with Gasteiger partial charge in [-0.15, -0.1) is 0 Å². The van der Waals surface area contributed by atoms with Crippen molar-refractivity contribution in [1.29, 1.82) is 0 Å². The van der Waals surface area contributed by atoms with E-state index in [1.54, 1.807) is 19.2 Å². The van der Waals surface area contributed by atoms with Crippen molar-refractivity contribution in [2.75, 3.05) is 5.32 Å². The van der Waals surface area contributed by atoms with Crippen LogP contribution >= 0.6 is 0 Å². The molecule has 2 amide bonds. The van der Waals surface area contributed by atoms with Crippen LogP contribution in [-0.2, 0) is 17.9 Å². The molecular weight excluding hydrogens is 438 g/mol. The van der Waals surface area contributed by atoms with Crippen LogP contribution in [0.2, 0.25) is 0 Å². The standard InChI is InChI=1S/C23H27N7O4/c1-2-30-20-19(22(33)28-23(30)34)16(9-17(27-20)13-7-8-13)21(32)26-15-10-24-29(11-15)12-18(31)25-14-5-3-4-6-14/h9-11,13-14H,2-8,12H2,1H3,(H,25,31)(H,26,32)(H,28,33,34). The molecule has 0 atom stereocenters. The number of amides is 2. The Morgan fingerprint density at radius 2 is 1.94 bits per heavy atom. The van der Waals surface area contributed by atoms with Gasteiger partial charge in [-0.25, -0.2) is 9.78 Å². The van der Waals surface area contributed by atoms with Gasteiger partial charge in [0.05, 0.1) is 22.8 Å². The molecule has 0 radical (unpaired) electrons. The Kier molecular flexibility index (Phi) is 5.76. The molecule has 2 fully saturated rings. The number of nitrogens with zero attached hydrogens (tertiary/aromatic N) is 4. The molecule has 2 saturated carbocycles. The van der Waals surface area contributed by atoms with Crippen molar-refractivity contribution in [1.82, 2.24) is 29.6 Å². The maximum Gasteiger partial charge on any atom is 0.329 e. The molecule has 11 nitrogen and oxygen atoms in total. The number of aromatic nitrogens is 5. The summed E-state index contributed by atoms with van der Waals surface area (Å²) in [5.41, 5.74) is 0.265. The SMILES string of the molecule is CCn1c(=O)[nH]c(=O)c2c(C(=O)Nc3cnn(CC(=O)NC4CCCC4)c3)cc(C3CC3)nc21. The fourth-order valence-electron chi connectivity index (χ4n) is 4.56. The molecule has 2 aliphatic rings. The maximum absolute atomic E-state index is 13.2. The maximum atomic E-state index is 13.2. The second kappa shape index (κ2) is 8.88. The normalized spacial score (nSPS) is 16.1. The first kappa shape index (κ1) is 22.1. The van der Waals surface area contributed by atoms with E-state index in [0.717, 1.165) is 38.5 Å². The Labute approximate surface area is 194 Å². The van der Waals surface area contributed by atoms with Gasteiger partial charge < -0.3 is 10.6 Å². The second-order valence-corrected chi connectivity index (χ2v) is 9.00. The molecule has 2 aliphatic carbocycles. The molecule has 0 saturated heterocycles. The van der Waals surface area contributed by atoms with Gasteiger partial charge in [0.1, 0.15) is 6.54 Å². The first-order chi connectivity index (χ1) is 16.4. The Morgan fingerprint density at radius 3 is 2.65 bits per heavy atom. The highest BCUT2D eigenvalue weighted by Crippen LogP contribution is 2.40. The van der Waals surface area contributed by atoms with Gasteiger partial charge in [-0.3, -0.25) is 28.6 Å². The van der Waals surface area contributed by atoms with Gasteiger partial charge >= 0.3 is 5.69 Å². The average Bonchev–Trinajstić information content (AvgIpc) is 3.37. The van der Waals surface area contributed by atoms with E-state index in [2.05, 4.69) is 25.7 Å². The van der Waals surface area contributed by atoms with Crippen LogP contribution < -0.4 is 21.9 Å². The number of carbonyl (C=O) groups is 2. The minimum atomic E-state index is -0.649. The number of aryl methyl sites for hydroxylation is 1. The Bertz CT molecular complexity index is 1380. The smallest absolute Gasteiger partial charge is 0.329 e. The molecule has 3 aromatic heterocycles. The largest absolute Gasteiger partial charge is 0.352 e. The number of hydrogen-bond donors (Lipinski definition) is 3. The molecule has 3 aromatic rings. The third kappa shape index (κ3) is 4.37. The number of fused-ring (bicyclic) bond motifs is 1. The van der Waals surface area contributed by atoms with E-state index < -0.39 is 17.2 Å². The van der Waals surface area contributed by atoms with Crippen molar-refractivity contribution in [3.8, 4) is 0 Å². The van der Waals surface area contributed by atoms with Crippen LogP contribution in [-0.4, -0.2) is 42.2 Å². The third-order valence-electron chi connectivity index (χ3n) is 6.44. The molecule has 178 valence electrons. The summed E-state index contributed by atoms with van der Waals surface area (Å²) < 4.78 is 2.82. The van der Waals surface area contributed by atoms with Gasteiger partial charge in [0.25, 0.3) is 11.5 Å². The van der Waals surface area contributed by atoms with Crippen LogP contribution in [0.1, 0.15) is 67.4 Å². The monoisotopic (exact) mass is 465 g/mol. The summed E-state index contributed by atoms with van der Waals surface area (Å²) in [4.78, 5) is 57.3. The van der Waals surface area contributed by atoms with Crippen LogP contribution in [0.4, 0.5) is 5.69 Å². The van der Waals surface area contributed by atoms with Crippen molar-refractivity contribution in [2.24, 2.45) is 0 Å². The number of H-pyrrole nitrogens is 1. The summed E-state index contributed by atoms with van der Waals surface area (Å²) >= 11 is 0. The van der Waals surface area contributed by atoms with Crippen molar-refractivity contribution in [3.05, 3.63) is 50.6 Å². The number of nitrogens with one attached hydrogen (secondary N) is 3. The number of rotatable bonds is 7. The van der Waals surface area contributed by atoms with E-state index in [1.165, 1.54) is 15.4 Å². The number of pyridine rings is 1. The predicted octanol–water partition coefficient (Wildman–Crippen LogP) is 1.49. The first-order valence-corrected chi connectivity index (χ1v) is 11.7. The molecule has 34 heavy (non-hydrogen) atoms. The zero-order valence-electron chi connectivity index (χ0n) is 19.0. The van der Waals surface area contributed by atoms with Gasteiger partial charge in [0.15, 0.2) is 5.65 Å². The molecule has 0 aliphatic heterocycles. The average molecular weight is 466 g/mol. The summed E-state index contributed by atoms with van der Waals surface area (Å²) in [6, 6.07) is 1.86. The topological polar surface area (TPSA) is 144 Å². The summed E-state index contributed by atoms with van der Waals surface area (Å²) in [6.07, 6.45) is 9.20. The molecule has 0 aromatic carbocycles. The van der Waals surface area contributed by atoms with E-state index >= 15 is 0 Å². The van der Waals surface area contributed by atoms with Crippen LogP contribution in [0, 0.1) is 0 Å². The first-order valence-electron chi connectivity index (χ1n) is 11.7. The Balaban J connectivity index is 1.40. The summed E-state index contributed by atoms with van der Waals surface area (Å²) in [5, 5.41) is 10.0. The van der Waals surface area contributed by atoms with Crippen molar-refractivity contribution < 1.29 is 9.59 Å². The molecule has 0 unspecified atom stereocenters. The Morgan fingerprint density at radius 1 is 1.18 bits per heavy atom. The fourth-order valence-corrected chi connectivity index (χ4v) is 4.56. The number of anilines is 1.